The average molecular weight is 304 g/mol. The van der Waals surface area contributed by atoms with Gasteiger partial charge >= 0.3 is 0 Å². The normalized spacial score (nSPS) is 11.4. The lowest BCUT2D eigenvalue weighted by atomic mass is 10.1. The van der Waals surface area contributed by atoms with Gasteiger partial charge in [0.15, 0.2) is 11.0 Å². The second-order valence-electron chi connectivity index (χ2n) is 4.38. The number of aliphatic hydroxyl groups is 1. The standard InChI is InChI=1S/C16H14ClNO3/c1-11(18-16(20)14-8-9-15(17)21-14)13-6-4-12(5-7-13)3-2-10-19/h4-9,11,19H,10H2,1H3,(H,18,20). The lowest BCUT2D eigenvalue weighted by Gasteiger charge is -2.13. The third-order valence-corrected chi connectivity index (χ3v) is 3.07. The van der Waals surface area contributed by atoms with Crippen molar-refractivity contribution in [1.29, 1.82) is 0 Å². The lowest BCUT2D eigenvalue weighted by Crippen LogP contribution is -2.26. The summed E-state index contributed by atoms with van der Waals surface area (Å²) in [7, 11) is 0. The highest BCUT2D eigenvalue weighted by molar-refractivity contribution is 6.29. The fourth-order valence-electron chi connectivity index (χ4n) is 1.78. The largest absolute Gasteiger partial charge is 0.440 e. The van der Waals surface area contributed by atoms with E-state index in [1.807, 2.05) is 31.2 Å². The third-order valence-electron chi connectivity index (χ3n) is 2.87. The molecule has 0 saturated heterocycles. The number of hydrogen-bond donors (Lipinski definition) is 2. The van der Waals surface area contributed by atoms with Crippen molar-refractivity contribution >= 4 is 17.5 Å². The van der Waals surface area contributed by atoms with E-state index in [2.05, 4.69) is 17.2 Å². The molecule has 108 valence electrons. The Labute approximate surface area is 127 Å². The minimum Gasteiger partial charge on any atom is -0.440 e. The van der Waals surface area contributed by atoms with Crippen molar-refractivity contribution in [3.05, 3.63) is 58.5 Å². The smallest absolute Gasteiger partial charge is 0.287 e. The number of rotatable bonds is 3. The van der Waals surface area contributed by atoms with Crippen molar-refractivity contribution in [2.24, 2.45) is 0 Å². The zero-order valence-electron chi connectivity index (χ0n) is 11.4. The van der Waals surface area contributed by atoms with Gasteiger partial charge in [-0.2, -0.15) is 0 Å². The number of hydrogen-bond acceptors (Lipinski definition) is 3. The Bertz CT molecular complexity index is 680. The summed E-state index contributed by atoms with van der Waals surface area (Å²) in [6, 6.07) is 10.3. The highest BCUT2D eigenvalue weighted by Crippen LogP contribution is 2.16. The molecule has 0 spiro atoms. The van der Waals surface area contributed by atoms with Crippen LogP contribution >= 0.6 is 11.6 Å². The summed E-state index contributed by atoms with van der Waals surface area (Å²) in [5.74, 6) is 5.25. The predicted molar refractivity (Wildman–Crippen MR) is 80.0 cm³/mol. The van der Waals surface area contributed by atoms with E-state index in [0.29, 0.717) is 0 Å². The highest BCUT2D eigenvalue weighted by atomic mass is 35.5. The van der Waals surface area contributed by atoms with Gasteiger partial charge in [-0.15, -0.1) is 0 Å². The highest BCUT2D eigenvalue weighted by Gasteiger charge is 2.14. The van der Waals surface area contributed by atoms with Crippen molar-refractivity contribution in [1.82, 2.24) is 5.32 Å². The number of amides is 1. The number of halogens is 1. The van der Waals surface area contributed by atoms with Crippen molar-refractivity contribution in [3.8, 4) is 11.8 Å². The molecular weight excluding hydrogens is 290 g/mol. The van der Waals surface area contributed by atoms with Crippen molar-refractivity contribution in [2.75, 3.05) is 6.61 Å². The maximum atomic E-state index is 11.9. The first-order valence-corrected chi connectivity index (χ1v) is 6.74. The molecule has 0 saturated carbocycles. The Balaban J connectivity index is 2.03. The Kier molecular flexibility index (Phi) is 5.04. The van der Waals surface area contributed by atoms with Crippen molar-refractivity contribution in [3.63, 3.8) is 0 Å². The van der Waals surface area contributed by atoms with Crippen LogP contribution in [-0.4, -0.2) is 17.6 Å². The first-order valence-electron chi connectivity index (χ1n) is 6.36. The summed E-state index contributed by atoms with van der Waals surface area (Å²) in [6.45, 7) is 1.71. The summed E-state index contributed by atoms with van der Waals surface area (Å²) in [4.78, 5) is 11.9. The maximum Gasteiger partial charge on any atom is 0.287 e. The van der Waals surface area contributed by atoms with Gasteiger partial charge < -0.3 is 14.8 Å². The Morgan fingerprint density at radius 3 is 2.62 bits per heavy atom. The van der Waals surface area contributed by atoms with Gasteiger partial charge in [0.25, 0.3) is 5.91 Å². The molecule has 2 N–H and O–H groups in total. The van der Waals surface area contributed by atoms with E-state index in [0.717, 1.165) is 11.1 Å². The van der Waals surface area contributed by atoms with Crippen LogP contribution in [0.3, 0.4) is 0 Å². The zero-order valence-corrected chi connectivity index (χ0v) is 12.1. The van der Waals surface area contributed by atoms with Gasteiger partial charge in [-0.05, 0) is 48.4 Å². The molecule has 5 heteroatoms. The quantitative estimate of drug-likeness (QED) is 0.857. The number of benzene rings is 1. The molecule has 1 amide bonds. The van der Waals surface area contributed by atoms with Gasteiger partial charge in [0.2, 0.25) is 0 Å². The van der Waals surface area contributed by atoms with E-state index in [1.54, 1.807) is 0 Å². The molecule has 2 aromatic rings. The summed E-state index contributed by atoms with van der Waals surface area (Å²) < 4.78 is 5.06. The Hall–Kier alpha value is -2.22. The van der Waals surface area contributed by atoms with Crippen LogP contribution in [0, 0.1) is 11.8 Å². The maximum absolute atomic E-state index is 11.9. The van der Waals surface area contributed by atoms with Gasteiger partial charge in [0.1, 0.15) is 6.61 Å². The van der Waals surface area contributed by atoms with Crippen LogP contribution in [-0.2, 0) is 0 Å². The van der Waals surface area contributed by atoms with Crippen LogP contribution in [0.5, 0.6) is 0 Å². The molecule has 0 bridgehead atoms. The second-order valence-corrected chi connectivity index (χ2v) is 4.75. The molecule has 1 atom stereocenters. The number of furan rings is 1. The van der Waals surface area contributed by atoms with E-state index in [9.17, 15) is 4.79 Å². The van der Waals surface area contributed by atoms with Crippen LogP contribution < -0.4 is 5.32 Å². The van der Waals surface area contributed by atoms with Gasteiger partial charge in [0.05, 0.1) is 6.04 Å². The first kappa shape index (κ1) is 15.2. The summed E-state index contributed by atoms with van der Waals surface area (Å²) in [6.07, 6.45) is 0. The minimum absolute atomic E-state index is 0.167. The molecule has 1 heterocycles. The number of aliphatic hydroxyl groups excluding tert-OH is 1. The number of nitrogens with one attached hydrogen (secondary N) is 1. The summed E-state index contributed by atoms with van der Waals surface area (Å²) in [5, 5.41) is 11.6. The number of carbonyl (C=O) groups excluding carboxylic acids is 1. The zero-order chi connectivity index (χ0) is 15.2. The van der Waals surface area contributed by atoms with Gasteiger partial charge in [-0.3, -0.25) is 4.79 Å². The minimum atomic E-state index is -0.321. The van der Waals surface area contributed by atoms with E-state index < -0.39 is 0 Å². The fraction of sp³-hybridized carbons (Fsp3) is 0.188. The average Bonchev–Trinajstić information content (AvgIpc) is 2.92. The van der Waals surface area contributed by atoms with E-state index in [4.69, 9.17) is 21.1 Å². The monoisotopic (exact) mass is 303 g/mol. The van der Waals surface area contributed by atoms with E-state index >= 15 is 0 Å². The SMILES string of the molecule is CC(NC(=O)c1ccc(Cl)o1)c1ccc(C#CCO)cc1. The molecule has 4 nitrogen and oxygen atoms in total. The van der Waals surface area contributed by atoms with E-state index in [1.165, 1.54) is 12.1 Å². The molecule has 0 aliphatic carbocycles. The molecular formula is C16H14ClNO3. The summed E-state index contributed by atoms with van der Waals surface area (Å²) >= 11 is 5.64. The first-order chi connectivity index (χ1) is 10.1. The van der Waals surface area contributed by atoms with Gasteiger partial charge in [-0.25, -0.2) is 0 Å². The van der Waals surface area contributed by atoms with E-state index in [-0.39, 0.29) is 29.5 Å². The molecule has 0 aliphatic heterocycles. The lowest BCUT2D eigenvalue weighted by molar-refractivity contribution is 0.0912. The topological polar surface area (TPSA) is 62.5 Å². The molecule has 0 radical (unpaired) electrons. The molecule has 2 rings (SSSR count). The fourth-order valence-corrected chi connectivity index (χ4v) is 1.93. The van der Waals surface area contributed by atoms with Gasteiger partial charge in [0, 0.05) is 5.56 Å². The molecule has 1 unspecified atom stereocenters. The molecule has 1 aromatic carbocycles. The molecule has 1 aromatic heterocycles. The Morgan fingerprint density at radius 2 is 2.05 bits per heavy atom. The van der Waals surface area contributed by atoms with Crippen LogP contribution in [0.4, 0.5) is 0 Å². The van der Waals surface area contributed by atoms with Crippen molar-refractivity contribution < 1.29 is 14.3 Å². The van der Waals surface area contributed by atoms with Crippen LogP contribution in [0.1, 0.15) is 34.6 Å². The van der Waals surface area contributed by atoms with Crippen LogP contribution in [0.15, 0.2) is 40.8 Å². The molecule has 0 fully saturated rings. The third kappa shape index (κ3) is 4.12. The second kappa shape index (κ2) is 6.98. The molecule has 21 heavy (non-hydrogen) atoms. The number of carbonyl (C=O) groups is 1. The summed E-state index contributed by atoms with van der Waals surface area (Å²) in [5.41, 5.74) is 1.75. The molecule has 0 aliphatic rings. The van der Waals surface area contributed by atoms with Gasteiger partial charge in [-0.1, -0.05) is 24.0 Å². The van der Waals surface area contributed by atoms with Crippen molar-refractivity contribution in [2.45, 2.75) is 13.0 Å². The predicted octanol–water partition coefficient (Wildman–Crippen LogP) is 2.77. The van der Waals surface area contributed by atoms with Crippen LogP contribution in [0.25, 0.3) is 0 Å². The Morgan fingerprint density at radius 1 is 1.33 bits per heavy atom. The van der Waals surface area contributed by atoms with Crippen LogP contribution in [0.2, 0.25) is 5.22 Å².